The van der Waals surface area contributed by atoms with Gasteiger partial charge in [0.15, 0.2) is 0 Å². The van der Waals surface area contributed by atoms with Crippen molar-refractivity contribution in [3.63, 3.8) is 0 Å². The Balaban J connectivity index is 2.36. The minimum atomic E-state index is -3.78. The van der Waals surface area contributed by atoms with Crippen LogP contribution in [0.2, 0.25) is 0 Å². The molecule has 0 atom stereocenters. The second kappa shape index (κ2) is 5.91. The molecule has 7 heteroatoms. The number of anilines is 1. The first kappa shape index (κ1) is 15.0. The topological polar surface area (TPSA) is 100 Å². The molecule has 0 radical (unpaired) electrons. The number of nitrogen functional groups attached to an aromatic ring is 1. The molecule has 1 heterocycles. The first-order valence-corrected chi connectivity index (χ1v) is 7.55. The van der Waals surface area contributed by atoms with Crippen molar-refractivity contribution >= 4 is 15.7 Å². The van der Waals surface area contributed by atoms with Gasteiger partial charge in [0.2, 0.25) is 10.0 Å². The summed E-state index contributed by atoms with van der Waals surface area (Å²) in [4.78, 5) is 4.03. The molecule has 0 saturated heterocycles. The van der Waals surface area contributed by atoms with Gasteiger partial charge in [-0.15, -0.1) is 0 Å². The number of rotatable bonds is 4. The van der Waals surface area contributed by atoms with E-state index in [9.17, 15) is 8.42 Å². The SMILES string of the molecule is CN(Cc1ccccn1)S(=O)(=O)c1ccc(N)cc1C#N. The van der Waals surface area contributed by atoms with Crippen LogP contribution in [0.25, 0.3) is 0 Å². The van der Waals surface area contributed by atoms with Crippen molar-refractivity contribution in [2.45, 2.75) is 11.4 Å². The van der Waals surface area contributed by atoms with Crippen LogP contribution in [-0.4, -0.2) is 24.8 Å². The highest BCUT2D eigenvalue weighted by Gasteiger charge is 2.24. The summed E-state index contributed by atoms with van der Waals surface area (Å²) < 4.78 is 26.2. The second-order valence-electron chi connectivity index (χ2n) is 4.45. The Labute approximate surface area is 123 Å². The number of hydrogen-bond donors (Lipinski definition) is 1. The summed E-state index contributed by atoms with van der Waals surface area (Å²) in [6, 6.07) is 11.3. The Hall–Kier alpha value is -2.43. The smallest absolute Gasteiger partial charge is 0.244 e. The summed E-state index contributed by atoms with van der Waals surface area (Å²) >= 11 is 0. The lowest BCUT2D eigenvalue weighted by Gasteiger charge is -2.17. The molecule has 0 aliphatic rings. The predicted molar refractivity (Wildman–Crippen MR) is 78.5 cm³/mol. The molecule has 0 bridgehead atoms. The molecular weight excluding hydrogens is 288 g/mol. The highest BCUT2D eigenvalue weighted by Crippen LogP contribution is 2.22. The molecule has 0 spiro atoms. The molecule has 0 saturated carbocycles. The van der Waals surface area contributed by atoms with Crippen LogP contribution in [0.15, 0.2) is 47.5 Å². The molecule has 0 aliphatic carbocycles. The number of nitrogens with zero attached hydrogens (tertiary/aromatic N) is 3. The van der Waals surface area contributed by atoms with Crippen LogP contribution in [0.4, 0.5) is 5.69 Å². The van der Waals surface area contributed by atoms with E-state index in [-0.39, 0.29) is 17.0 Å². The lowest BCUT2D eigenvalue weighted by Crippen LogP contribution is -2.27. The van der Waals surface area contributed by atoms with E-state index in [0.29, 0.717) is 11.4 Å². The van der Waals surface area contributed by atoms with Crippen LogP contribution < -0.4 is 5.73 Å². The number of aromatic nitrogens is 1. The highest BCUT2D eigenvalue weighted by atomic mass is 32.2. The minimum absolute atomic E-state index is 0.0304. The third-order valence-electron chi connectivity index (χ3n) is 2.92. The average molecular weight is 302 g/mol. The molecule has 6 nitrogen and oxygen atoms in total. The van der Waals surface area contributed by atoms with E-state index >= 15 is 0 Å². The Bertz CT molecular complexity index is 782. The van der Waals surface area contributed by atoms with Crippen molar-refractivity contribution in [1.29, 1.82) is 5.26 Å². The summed E-state index contributed by atoms with van der Waals surface area (Å²) in [5.74, 6) is 0. The summed E-state index contributed by atoms with van der Waals surface area (Å²) in [6.45, 7) is 0.123. The Morgan fingerprint density at radius 2 is 2.10 bits per heavy atom. The molecule has 0 fully saturated rings. The zero-order chi connectivity index (χ0) is 15.5. The number of pyridine rings is 1. The van der Waals surface area contributed by atoms with Gasteiger partial charge in [-0.2, -0.15) is 9.57 Å². The van der Waals surface area contributed by atoms with Crippen LogP contribution in [0.1, 0.15) is 11.3 Å². The van der Waals surface area contributed by atoms with Crippen LogP contribution >= 0.6 is 0 Å². The van der Waals surface area contributed by atoms with E-state index in [1.54, 1.807) is 24.4 Å². The molecule has 0 aliphatic heterocycles. The molecule has 2 aromatic rings. The zero-order valence-corrected chi connectivity index (χ0v) is 12.2. The molecule has 1 aromatic carbocycles. The monoisotopic (exact) mass is 302 g/mol. The lowest BCUT2D eigenvalue weighted by molar-refractivity contribution is 0.462. The maximum Gasteiger partial charge on any atom is 0.244 e. The normalized spacial score (nSPS) is 11.3. The summed E-state index contributed by atoms with van der Waals surface area (Å²) in [5, 5.41) is 9.08. The molecule has 0 amide bonds. The van der Waals surface area contributed by atoms with Gasteiger partial charge in [0, 0.05) is 18.9 Å². The van der Waals surface area contributed by atoms with E-state index in [1.165, 1.54) is 25.2 Å². The third-order valence-corrected chi connectivity index (χ3v) is 4.78. The largest absolute Gasteiger partial charge is 0.399 e. The third kappa shape index (κ3) is 3.18. The predicted octanol–water partition coefficient (Wildman–Crippen LogP) is 1.36. The molecular formula is C14H14N4O2S. The standard InChI is InChI=1S/C14H14N4O2S/c1-18(10-13-4-2-3-7-17-13)21(19,20)14-6-5-12(16)8-11(14)9-15/h2-8H,10,16H2,1H3. The highest BCUT2D eigenvalue weighted by molar-refractivity contribution is 7.89. The van der Waals surface area contributed by atoms with Gasteiger partial charge in [-0.25, -0.2) is 8.42 Å². The van der Waals surface area contributed by atoms with Crippen molar-refractivity contribution in [3.8, 4) is 6.07 Å². The lowest BCUT2D eigenvalue weighted by atomic mass is 10.2. The Morgan fingerprint density at radius 3 is 2.71 bits per heavy atom. The van der Waals surface area contributed by atoms with E-state index in [1.807, 2.05) is 6.07 Å². The van der Waals surface area contributed by atoms with Gasteiger partial charge in [0.05, 0.1) is 17.8 Å². The second-order valence-corrected chi connectivity index (χ2v) is 6.46. The Morgan fingerprint density at radius 1 is 1.33 bits per heavy atom. The van der Waals surface area contributed by atoms with Gasteiger partial charge >= 0.3 is 0 Å². The van der Waals surface area contributed by atoms with Crippen molar-refractivity contribution in [1.82, 2.24) is 9.29 Å². The van der Waals surface area contributed by atoms with Gasteiger partial charge in [-0.3, -0.25) is 4.98 Å². The summed E-state index contributed by atoms with van der Waals surface area (Å²) in [5.41, 5.74) is 6.57. The van der Waals surface area contributed by atoms with Gasteiger partial charge in [0.25, 0.3) is 0 Å². The first-order chi connectivity index (χ1) is 9.95. The van der Waals surface area contributed by atoms with Crippen molar-refractivity contribution in [2.24, 2.45) is 0 Å². The van der Waals surface area contributed by atoms with Gasteiger partial charge < -0.3 is 5.73 Å². The van der Waals surface area contributed by atoms with Crippen LogP contribution in [0.3, 0.4) is 0 Å². The van der Waals surface area contributed by atoms with Gasteiger partial charge in [-0.1, -0.05) is 6.07 Å². The molecule has 2 rings (SSSR count). The van der Waals surface area contributed by atoms with E-state index in [4.69, 9.17) is 11.0 Å². The fourth-order valence-electron chi connectivity index (χ4n) is 1.83. The van der Waals surface area contributed by atoms with Crippen LogP contribution in [-0.2, 0) is 16.6 Å². The van der Waals surface area contributed by atoms with Gasteiger partial charge in [-0.05, 0) is 30.3 Å². The number of nitriles is 1. The molecule has 108 valence electrons. The quantitative estimate of drug-likeness (QED) is 0.859. The number of hydrogen-bond acceptors (Lipinski definition) is 5. The molecule has 0 unspecified atom stereocenters. The fourth-order valence-corrected chi connectivity index (χ4v) is 3.09. The van der Waals surface area contributed by atoms with Crippen molar-refractivity contribution in [3.05, 3.63) is 53.9 Å². The average Bonchev–Trinajstić information content (AvgIpc) is 2.47. The summed E-state index contributed by atoms with van der Waals surface area (Å²) in [6.07, 6.45) is 1.60. The fraction of sp³-hybridized carbons (Fsp3) is 0.143. The minimum Gasteiger partial charge on any atom is -0.399 e. The number of benzene rings is 1. The first-order valence-electron chi connectivity index (χ1n) is 6.11. The van der Waals surface area contributed by atoms with Crippen LogP contribution in [0, 0.1) is 11.3 Å². The molecule has 21 heavy (non-hydrogen) atoms. The zero-order valence-electron chi connectivity index (χ0n) is 11.4. The van der Waals surface area contributed by atoms with Crippen molar-refractivity contribution in [2.75, 3.05) is 12.8 Å². The summed E-state index contributed by atoms with van der Waals surface area (Å²) in [7, 11) is -2.34. The maximum absolute atomic E-state index is 12.5. The number of sulfonamides is 1. The number of nitrogens with two attached hydrogens (primary N) is 1. The Kier molecular flexibility index (Phi) is 4.21. The van der Waals surface area contributed by atoms with Gasteiger partial charge in [0.1, 0.15) is 11.0 Å². The van der Waals surface area contributed by atoms with E-state index in [0.717, 1.165) is 4.31 Å². The molecule has 1 aromatic heterocycles. The van der Waals surface area contributed by atoms with Crippen LogP contribution in [0.5, 0.6) is 0 Å². The molecule has 2 N–H and O–H groups in total. The van der Waals surface area contributed by atoms with Crippen molar-refractivity contribution < 1.29 is 8.42 Å². The maximum atomic E-state index is 12.5. The van der Waals surface area contributed by atoms with E-state index < -0.39 is 10.0 Å². The van der Waals surface area contributed by atoms with E-state index in [2.05, 4.69) is 4.98 Å².